The molecule has 6 heteroatoms. The number of aromatic nitrogens is 2. The highest BCUT2D eigenvalue weighted by Gasteiger charge is 2.11. The number of rotatable bonds is 3. The summed E-state index contributed by atoms with van der Waals surface area (Å²) in [4.78, 5) is 14.8. The van der Waals surface area contributed by atoms with Crippen molar-refractivity contribution in [1.29, 1.82) is 0 Å². The van der Waals surface area contributed by atoms with Crippen molar-refractivity contribution in [2.75, 3.05) is 7.05 Å². The van der Waals surface area contributed by atoms with Crippen LogP contribution in [0.2, 0.25) is 0 Å². The summed E-state index contributed by atoms with van der Waals surface area (Å²) in [6, 6.07) is -0.300. The summed E-state index contributed by atoms with van der Waals surface area (Å²) >= 11 is 0. The third kappa shape index (κ3) is 2.51. The topological polar surface area (TPSA) is 94.0 Å². The van der Waals surface area contributed by atoms with Crippen LogP contribution in [-0.4, -0.2) is 23.1 Å². The number of nitrogens with zero attached hydrogens (tertiary/aromatic N) is 2. The Bertz CT molecular complexity index is 294. The molecule has 3 N–H and O–H groups in total. The Morgan fingerprint density at radius 1 is 1.77 bits per heavy atom. The molecule has 1 aromatic heterocycles. The van der Waals surface area contributed by atoms with Crippen molar-refractivity contribution in [2.45, 2.75) is 19.4 Å². The van der Waals surface area contributed by atoms with Crippen molar-refractivity contribution in [3.05, 3.63) is 11.7 Å². The standard InChI is InChI=1S/C7H12N4O2/c1-4(8)7-10-5(11-13-7)3-6(12)9-2/h4H,3,8H2,1-2H3,(H,9,12). The van der Waals surface area contributed by atoms with Crippen LogP contribution >= 0.6 is 0 Å². The molecule has 0 saturated heterocycles. The molecule has 6 nitrogen and oxygen atoms in total. The van der Waals surface area contributed by atoms with Gasteiger partial charge in [0.05, 0.1) is 12.5 Å². The number of carbonyl (C=O) groups is 1. The minimum Gasteiger partial charge on any atom is -0.359 e. The van der Waals surface area contributed by atoms with Crippen LogP contribution in [-0.2, 0) is 11.2 Å². The minimum absolute atomic E-state index is 0.118. The summed E-state index contributed by atoms with van der Waals surface area (Å²) in [5.74, 6) is 0.544. The van der Waals surface area contributed by atoms with Gasteiger partial charge in [0, 0.05) is 7.05 Å². The van der Waals surface area contributed by atoms with Gasteiger partial charge in [-0.3, -0.25) is 4.79 Å². The fourth-order valence-corrected chi connectivity index (χ4v) is 0.756. The maximum absolute atomic E-state index is 10.9. The van der Waals surface area contributed by atoms with Gasteiger partial charge < -0.3 is 15.6 Å². The molecule has 0 fully saturated rings. The average Bonchev–Trinajstić information content (AvgIpc) is 2.52. The average molecular weight is 184 g/mol. The second kappa shape index (κ2) is 3.99. The predicted molar refractivity (Wildman–Crippen MR) is 44.7 cm³/mol. The Labute approximate surface area is 75.5 Å². The van der Waals surface area contributed by atoms with E-state index in [2.05, 4.69) is 15.5 Å². The highest BCUT2D eigenvalue weighted by molar-refractivity contribution is 5.77. The Morgan fingerprint density at radius 2 is 2.46 bits per heavy atom. The van der Waals surface area contributed by atoms with Gasteiger partial charge in [-0.25, -0.2) is 0 Å². The van der Waals surface area contributed by atoms with Crippen molar-refractivity contribution in [2.24, 2.45) is 5.73 Å². The third-order valence-electron chi connectivity index (χ3n) is 1.47. The quantitative estimate of drug-likeness (QED) is 0.652. The summed E-state index contributed by atoms with van der Waals surface area (Å²) < 4.78 is 4.81. The number of nitrogens with two attached hydrogens (primary N) is 1. The van der Waals surface area contributed by atoms with E-state index in [4.69, 9.17) is 10.3 Å². The zero-order chi connectivity index (χ0) is 9.84. The van der Waals surface area contributed by atoms with E-state index in [0.717, 1.165) is 0 Å². The van der Waals surface area contributed by atoms with E-state index in [0.29, 0.717) is 11.7 Å². The van der Waals surface area contributed by atoms with Gasteiger partial charge in [-0.05, 0) is 6.92 Å². The number of hydrogen-bond donors (Lipinski definition) is 2. The molecule has 0 radical (unpaired) electrons. The van der Waals surface area contributed by atoms with E-state index >= 15 is 0 Å². The fraction of sp³-hybridized carbons (Fsp3) is 0.571. The van der Waals surface area contributed by atoms with E-state index in [1.165, 1.54) is 0 Å². The number of carbonyl (C=O) groups excluding carboxylic acids is 1. The van der Waals surface area contributed by atoms with E-state index in [-0.39, 0.29) is 18.4 Å². The maximum Gasteiger partial charge on any atom is 0.243 e. The first-order chi connectivity index (χ1) is 6.13. The summed E-state index contributed by atoms with van der Waals surface area (Å²) in [7, 11) is 1.55. The smallest absolute Gasteiger partial charge is 0.243 e. The van der Waals surface area contributed by atoms with Gasteiger partial charge >= 0.3 is 0 Å². The van der Waals surface area contributed by atoms with Gasteiger partial charge in [0.2, 0.25) is 11.8 Å². The molecule has 1 amide bonds. The molecule has 13 heavy (non-hydrogen) atoms. The molecule has 1 atom stereocenters. The van der Waals surface area contributed by atoms with Gasteiger partial charge in [-0.15, -0.1) is 0 Å². The summed E-state index contributed by atoms with van der Waals surface area (Å²) in [5.41, 5.74) is 5.49. The van der Waals surface area contributed by atoms with Crippen molar-refractivity contribution in [3.8, 4) is 0 Å². The van der Waals surface area contributed by atoms with Crippen LogP contribution in [0.5, 0.6) is 0 Å². The lowest BCUT2D eigenvalue weighted by Crippen LogP contribution is -2.20. The fourth-order valence-electron chi connectivity index (χ4n) is 0.756. The van der Waals surface area contributed by atoms with Crippen LogP contribution in [0.4, 0.5) is 0 Å². The van der Waals surface area contributed by atoms with Gasteiger partial charge in [-0.1, -0.05) is 5.16 Å². The lowest BCUT2D eigenvalue weighted by atomic mass is 10.3. The maximum atomic E-state index is 10.9. The molecule has 0 bridgehead atoms. The van der Waals surface area contributed by atoms with Crippen molar-refractivity contribution < 1.29 is 9.32 Å². The van der Waals surface area contributed by atoms with Crippen LogP contribution < -0.4 is 11.1 Å². The minimum atomic E-state index is -0.300. The normalized spacial score (nSPS) is 12.5. The molecule has 1 aromatic rings. The Morgan fingerprint density at radius 3 is 2.92 bits per heavy atom. The van der Waals surface area contributed by atoms with E-state index in [1.54, 1.807) is 14.0 Å². The lowest BCUT2D eigenvalue weighted by molar-refractivity contribution is -0.120. The zero-order valence-corrected chi connectivity index (χ0v) is 7.57. The zero-order valence-electron chi connectivity index (χ0n) is 7.57. The SMILES string of the molecule is CNC(=O)Cc1noc(C(C)N)n1. The summed E-state index contributed by atoms with van der Waals surface area (Å²) in [5, 5.41) is 6.06. The number of hydrogen-bond acceptors (Lipinski definition) is 5. The first kappa shape index (κ1) is 9.66. The van der Waals surface area contributed by atoms with Crippen molar-refractivity contribution in [1.82, 2.24) is 15.5 Å². The highest BCUT2D eigenvalue weighted by atomic mass is 16.5. The second-order valence-electron chi connectivity index (χ2n) is 2.69. The first-order valence-corrected chi connectivity index (χ1v) is 3.92. The molecular weight excluding hydrogens is 172 g/mol. The molecule has 72 valence electrons. The number of likely N-dealkylation sites (N-methyl/N-ethyl adjacent to an activating group) is 1. The Kier molecular flexibility index (Phi) is 2.97. The van der Waals surface area contributed by atoms with Crippen LogP contribution in [0.1, 0.15) is 24.7 Å². The van der Waals surface area contributed by atoms with Crippen molar-refractivity contribution in [3.63, 3.8) is 0 Å². The summed E-state index contributed by atoms with van der Waals surface area (Å²) in [6.45, 7) is 1.73. The summed E-state index contributed by atoms with van der Waals surface area (Å²) in [6.07, 6.45) is 0.118. The monoisotopic (exact) mass is 184 g/mol. The molecule has 0 aliphatic rings. The largest absolute Gasteiger partial charge is 0.359 e. The third-order valence-corrected chi connectivity index (χ3v) is 1.47. The van der Waals surface area contributed by atoms with Gasteiger partial charge in [-0.2, -0.15) is 4.98 Å². The van der Waals surface area contributed by atoms with Crippen LogP contribution in [0.3, 0.4) is 0 Å². The first-order valence-electron chi connectivity index (χ1n) is 3.92. The highest BCUT2D eigenvalue weighted by Crippen LogP contribution is 2.05. The van der Waals surface area contributed by atoms with Crippen LogP contribution in [0, 0.1) is 0 Å². The number of amides is 1. The Balaban J connectivity index is 2.64. The van der Waals surface area contributed by atoms with Gasteiger partial charge in [0.15, 0.2) is 5.82 Å². The van der Waals surface area contributed by atoms with E-state index < -0.39 is 0 Å². The lowest BCUT2D eigenvalue weighted by Gasteiger charge is -1.93. The number of nitrogens with one attached hydrogen (secondary N) is 1. The Hall–Kier alpha value is -1.43. The molecule has 0 aromatic carbocycles. The molecule has 0 saturated carbocycles. The van der Waals surface area contributed by atoms with Crippen LogP contribution in [0.15, 0.2) is 4.52 Å². The molecule has 0 aliphatic carbocycles. The molecule has 1 heterocycles. The van der Waals surface area contributed by atoms with E-state index in [1.807, 2.05) is 0 Å². The molecular formula is C7H12N4O2. The van der Waals surface area contributed by atoms with Gasteiger partial charge in [0.1, 0.15) is 0 Å². The van der Waals surface area contributed by atoms with Crippen LogP contribution in [0.25, 0.3) is 0 Å². The molecule has 0 aliphatic heterocycles. The predicted octanol–water partition coefficient (Wildman–Crippen LogP) is -0.622. The van der Waals surface area contributed by atoms with E-state index in [9.17, 15) is 4.79 Å². The second-order valence-corrected chi connectivity index (χ2v) is 2.69. The van der Waals surface area contributed by atoms with Gasteiger partial charge in [0.25, 0.3) is 0 Å². The molecule has 0 spiro atoms. The molecule has 1 unspecified atom stereocenters. The van der Waals surface area contributed by atoms with Crippen molar-refractivity contribution >= 4 is 5.91 Å². The molecule has 1 rings (SSSR count).